The van der Waals surface area contributed by atoms with Crippen LogP contribution in [0, 0.1) is 0 Å². The van der Waals surface area contributed by atoms with E-state index in [1.807, 2.05) is 32.7 Å². The smallest absolute Gasteiger partial charge is 0.297 e. The second-order valence-electron chi connectivity index (χ2n) is 8.11. The third kappa shape index (κ3) is 4.02. The van der Waals surface area contributed by atoms with Crippen LogP contribution in [0.15, 0.2) is 46.6 Å². The van der Waals surface area contributed by atoms with Gasteiger partial charge in [-0.15, -0.1) is 4.67 Å². The number of nitrogens with zero attached hydrogens (tertiary/aromatic N) is 6. The molecule has 0 amide bonds. The normalized spacial score (nSPS) is 16.4. The van der Waals surface area contributed by atoms with Crippen LogP contribution in [0.3, 0.4) is 0 Å². The Kier molecular flexibility index (Phi) is 5.36. The van der Waals surface area contributed by atoms with Crippen LogP contribution in [0.4, 0.5) is 11.4 Å². The zero-order chi connectivity index (χ0) is 21.4. The molecule has 7 nitrogen and oxygen atoms in total. The van der Waals surface area contributed by atoms with Gasteiger partial charge in [0.25, 0.3) is 12.4 Å². The summed E-state index contributed by atoms with van der Waals surface area (Å²) in [6, 6.07) is 8.40. The van der Waals surface area contributed by atoms with Gasteiger partial charge < -0.3 is 14.8 Å². The molecular formula is C23H25BrN7+. The van der Waals surface area contributed by atoms with Gasteiger partial charge >= 0.3 is 0 Å². The highest BCUT2D eigenvalue weighted by molar-refractivity contribution is 9.10. The minimum Gasteiger partial charge on any atom is -0.378 e. The van der Waals surface area contributed by atoms with E-state index in [1.165, 1.54) is 5.57 Å². The minimum absolute atomic E-state index is 0.746. The fraction of sp³-hybridized carbons (Fsp3) is 0.304. The number of H-pyrrole nitrogens is 1. The Hall–Kier alpha value is -2.93. The van der Waals surface area contributed by atoms with Crippen LogP contribution < -0.4 is 14.5 Å². The Labute approximate surface area is 190 Å². The van der Waals surface area contributed by atoms with Crippen molar-refractivity contribution in [2.75, 3.05) is 56.6 Å². The van der Waals surface area contributed by atoms with Crippen molar-refractivity contribution in [2.24, 2.45) is 0 Å². The maximum atomic E-state index is 4.77. The van der Waals surface area contributed by atoms with E-state index in [-0.39, 0.29) is 0 Å². The maximum Gasteiger partial charge on any atom is 0.297 e. The molecule has 0 bridgehead atoms. The van der Waals surface area contributed by atoms with Crippen molar-refractivity contribution < 1.29 is 0 Å². The summed E-state index contributed by atoms with van der Waals surface area (Å²) in [4.78, 5) is 19.8. The number of benzene rings is 1. The summed E-state index contributed by atoms with van der Waals surface area (Å²) in [7, 11) is 4.08. The van der Waals surface area contributed by atoms with Gasteiger partial charge in [0.15, 0.2) is 5.65 Å². The number of allylic oxidation sites excluding steroid dienone is 1. The number of fused-ring (bicyclic) bond motifs is 1. The SMILES string of the molecule is CN(C)c1ccc(-c2nc3ncc(Br)c(N4CCN(CC5=CC=[N+]=C5)CC4)c3[nH]2)cc1. The molecule has 3 aromatic rings. The van der Waals surface area contributed by atoms with Crippen molar-refractivity contribution in [2.45, 2.75) is 0 Å². The molecule has 0 spiro atoms. The molecule has 1 aromatic carbocycles. The molecule has 2 aliphatic heterocycles. The standard InChI is InChI=1S/C23H25BrN7/c1-29(2)18-5-3-17(4-6-18)22-27-20-21(19(24)14-26-23(20)28-22)31-11-9-30(10-12-31)15-16-7-8-25-13-16/h3-8,13-14H,9-12,15H2,1-2H3,(H,26,27,28)/q+1. The molecule has 1 N–H and O–H groups in total. The maximum absolute atomic E-state index is 4.77. The Bertz CT molecular complexity index is 1190. The first-order chi connectivity index (χ1) is 15.1. The average Bonchev–Trinajstić information content (AvgIpc) is 3.44. The van der Waals surface area contributed by atoms with E-state index >= 15 is 0 Å². The topological polar surface area (TPSA) is 65.4 Å². The summed E-state index contributed by atoms with van der Waals surface area (Å²) >= 11 is 3.73. The molecule has 0 saturated carbocycles. The Balaban J connectivity index is 1.39. The lowest BCUT2D eigenvalue weighted by Gasteiger charge is -2.36. The molecular weight excluding hydrogens is 454 g/mol. The van der Waals surface area contributed by atoms with Gasteiger partial charge in [0.05, 0.1) is 15.7 Å². The summed E-state index contributed by atoms with van der Waals surface area (Å²) in [5.74, 6) is 0.842. The highest BCUT2D eigenvalue weighted by Crippen LogP contribution is 2.34. The molecule has 0 atom stereocenters. The number of hydrogen-bond donors (Lipinski definition) is 1. The molecule has 2 aromatic heterocycles. The molecule has 4 heterocycles. The molecule has 158 valence electrons. The van der Waals surface area contributed by atoms with Crippen LogP contribution in [-0.4, -0.2) is 79.1 Å². The largest absolute Gasteiger partial charge is 0.378 e. The summed E-state index contributed by atoms with van der Waals surface area (Å²) in [6.07, 6.45) is 7.76. The number of aromatic amines is 1. The predicted octanol–water partition coefficient (Wildman–Crippen LogP) is 2.72. The monoisotopic (exact) mass is 478 g/mol. The van der Waals surface area contributed by atoms with E-state index in [9.17, 15) is 0 Å². The highest BCUT2D eigenvalue weighted by atomic mass is 79.9. The number of aromatic nitrogens is 3. The fourth-order valence-corrected chi connectivity index (χ4v) is 4.64. The second kappa shape index (κ2) is 8.30. The van der Waals surface area contributed by atoms with Crippen LogP contribution in [0.2, 0.25) is 0 Å². The average molecular weight is 479 g/mol. The fourth-order valence-electron chi connectivity index (χ4n) is 4.09. The Morgan fingerprint density at radius 1 is 1.13 bits per heavy atom. The van der Waals surface area contributed by atoms with Crippen molar-refractivity contribution in [3.8, 4) is 11.4 Å². The molecule has 2 aliphatic rings. The first kappa shape index (κ1) is 20.0. The van der Waals surface area contributed by atoms with E-state index in [0.717, 1.165) is 71.1 Å². The number of pyridine rings is 1. The molecule has 8 heteroatoms. The molecule has 0 aliphatic carbocycles. The van der Waals surface area contributed by atoms with Gasteiger partial charge in [-0.1, -0.05) is 0 Å². The summed E-state index contributed by atoms with van der Waals surface area (Å²) in [5.41, 5.74) is 6.36. The first-order valence-electron chi connectivity index (χ1n) is 10.4. The van der Waals surface area contributed by atoms with Crippen LogP contribution in [0.1, 0.15) is 0 Å². The summed E-state index contributed by atoms with van der Waals surface area (Å²) in [6.45, 7) is 4.89. The van der Waals surface area contributed by atoms with Crippen LogP contribution in [0.25, 0.3) is 22.6 Å². The Morgan fingerprint density at radius 3 is 2.58 bits per heavy atom. The van der Waals surface area contributed by atoms with Gasteiger partial charge in [-0.25, -0.2) is 9.97 Å². The highest BCUT2D eigenvalue weighted by Gasteiger charge is 2.24. The van der Waals surface area contributed by atoms with Gasteiger partial charge in [-0.3, -0.25) is 4.90 Å². The van der Waals surface area contributed by atoms with Crippen molar-refractivity contribution in [1.29, 1.82) is 0 Å². The van der Waals surface area contributed by atoms with E-state index in [1.54, 1.807) is 0 Å². The number of anilines is 2. The van der Waals surface area contributed by atoms with Crippen molar-refractivity contribution in [3.63, 3.8) is 0 Å². The number of imidazole rings is 1. The lowest BCUT2D eigenvalue weighted by atomic mass is 10.2. The van der Waals surface area contributed by atoms with Crippen LogP contribution >= 0.6 is 15.9 Å². The summed E-state index contributed by atoms with van der Waals surface area (Å²) in [5, 5.41) is 0. The molecule has 0 radical (unpaired) electrons. The molecule has 5 rings (SSSR count). The minimum atomic E-state index is 0.746. The zero-order valence-electron chi connectivity index (χ0n) is 17.7. The predicted molar refractivity (Wildman–Crippen MR) is 132 cm³/mol. The lowest BCUT2D eigenvalue weighted by Crippen LogP contribution is -2.47. The van der Waals surface area contributed by atoms with E-state index in [4.69, 9.17) is 4.98 Å². The van der Waals surface area contributed by atoms with Gasteiger partial charge in [0, 0.05) is 70.3 Å². The third-order valence-corrected chi connectivity index (χ3v) is 6.40. The zero-order valence-corrected chi connectivity index (χ0v) is 19.3. The quantitative estimate of drug-likeness (QED) is 0.571. The van der Waals surface area contributed by atoms with Crippen LogP contribution in [0.5, 0.6) is 0 Å². The van der Waals surface area contributed by atoms with Gasteiger partial charge in [0.2, 0.25) is 0 Å². The first-order valence-corrected chi connectivity index (χ1v) is 11.2. The molecule has 31 heavy (non-hydrogen) atoms. The number of hydrogen-bond acceptors (Lipinski definition) is 5. The van der Waals surface area contributed by atoms with E-state index < -0.39 is 0 Å². The second-order valence-corrected chi connectivity index (χ2v) is 8.97. The molecule has 1 fully saturated rings. The number of nitrogens with one attached hydrogen (secondary N) is 1. The van der Waals surface area contributed by atoms with Crippen molar-refractivity contribution in [1.82, 2.24) is 24.5 Å². The number of halogens is 1. The third-order valence-electron chi connectivity index (χ3n) is 5.81. The van der Waals surface area contributed by atoms with E-state index in [2.05, 4.69) is 75.6 Å². The van der Waals surface area contributed by atoms with Crippen molar-refractivity contribution >= 4 is 50.9 Å². The van der Waals surface area contributed by atoms with E-state index in [0.29, 0.717) is 0 Å². The van der Waals surface area contributed by atoms with Crippen LogP contribution in [-0.2, 0) is 0 Å². The van der Waals surface area contributed by atoms with Gasteiger partial charge in [-0.2, -0.15) is 0 Å². The molecule has 1 saturated heterocycles. The summed E-state index contributed by atoms with van der Waals surface area (Å²) < 4.78 is 5.17. The van der Waals surface area contributed by atoms with Crippen molar-refractivity contribution in [3.05, 3.63) is 46.6 Å². The number of rotatable bonds is 5. The van der Waals surface area contributed by atoms with Gasteiger partial charge in [0.1, 0.15) is 11.3 Å². The lowest BCUT2D eigenvalue weighted by molar-refractivity contribution is 0.281. The Morgan fingerprint density at radius 2 is 1.90 bits per heavy atom. The van der Waals surface area contributed by atoms with Gasteiger partial charge in [-0.05, 0) is 40.2 Å². The molecule has 0 unspecified atom stereocenters. The number of piperazine rings is 1.